The number of rotatable bonds is 9. The molecule has 1 aliphatic rings. The molecule has 2 aromatic rings. The fourth-order valence-electron chi connectivity index (χ4n) is 4.20. The summed E-state index contributed by atoms with van der Waals surface area (Å²) >= 11 is 0. The molecule has 6 nitrogen and oxygen atoms in total. The summed E-state index contributed by atoms with van der Waals surface area (Å²) in [5.74, 6) is -1.00. The first kappa shape index (κ1) is 22.5. The van der Waals surface area contributed by atoms with Gasteiger partial charge >= 0.3 is 0 Å². The number of hydrogen-bond acceptors (Lipinski definition) is 4. The van der Waals surface area contributed by atoms with Crippen LogP contribution in [0.4, 0.5) is 0 Å². The van der Waals surface area contributed by atoms with Crippen molar-refractivity contribution in [2.24, 2.45) is 0 Å². The molecule has 0 spiro atoms. The molecule has 164 valence electrons. The zero-order valence-corrected chi connectivity index (χ0v) is 18.9. The predicted molar refractivity (Wildman–Crippen MR) is 118 cm³/mol. The SMILES string of the molecule is Cc1nc(S(=O)(=O)CC(=O)NCCCCc2ccccc2)n(C2CCCCC2)c1C. The summed E-state index contributed by atoms with van der Waals surface area (Å²) in [4.78, 5) is 16.7. The van der Waals surface area contributed by atoms with Gasteiger partial charge in [-0.05, 0) is 51.5 Å². The minimum atomic E-state index is -3.79. The summed E-state index contributed by atoms with van der Waals surface area (Å²) in [6.45, 7) is 4.24. The van der Waals surface area contributed by atoms with Gasteiger partial charge in [-0.3, -0.25) is 4.79 Å². The number of sulfone groups is 1. The van der Waals surface area contributed by atoms with E-state index < -0.39 is 21.5 Å². The molecule has 30 heavy (non-hydrogen) atoms. The summed E-state index contributed by atoms with van der Waals surface area (Å²) in [5, 5.41) is 2.82. The van der Waals surface area contributed by atoms with Gasteiger partial charge in [0.15, 0.2) is 0 Å². The molecule has 0 unspecified atom stereocenters. The molecule has 1 aliphatic carbocycles. The lowest BCUT2D eigenvalue weighted by Crippen LogP contribution is -2.32. The summed E-state index contributed by atoms with van der Waals surface area (Å²) in [5.41, 5.74) is 2.88. The molecule has 1 fully saturated rings. The van der Waals surface area contributed by atoms with Gasteiger partial charge in [0.25, 0.3) is 0 Å². The summed E-state index contributed by atoms with van der Waals surface area (Å²) in [7, 11) is -3.79. The average Bonchev–Trinajstić information content (AvgIpc) is 3.04. The van der Waals surface area contributed by atoms with Crippen molar-refractivity contribution in [2.45, 2.75) is 76.4 Å². The lowest BCUT2D eigenvalue weighted by atomic mass is 9.95. The first-order valence-electron chi connectivity index (χ1n) is 11.0. The summed E-state index contributed by atoms with van der Waals surface area (Å²) < 4.78 is 27.9. The van der Waals surface area contributed by atoms with Gasteiger partial charge in [-0.25, -0.2) is 13.4 Å². The first-order chi connectivity index (χ1) is 14.4. The Morgan fingerprint density at radius 2 is 1.80 bits per heavy atom. The van der Waals surface area contributed by atoms with Crippen molar-refractivity contribution in [1.82, 2.24) is 14.9 Å². The molecule has 1 saturated carbocycles. The molecule has 1 aromatic carbocycles. The second-order valence-electron chi connectivity index (χ2n) is 8.28. The van der Waals surface area contributed by atoms with E-state index in [2.05, 4.69) is 22.4 Å². The second kappa shape index (κ2) is 10.2. The van der Waals surface area contributed by atoms with Gasteiger partial charge in [0.05, 0.1) is 5.69 Å². The van der Waals surface area contributed by atoms with Gasteiger partial charge in [0, 0.05) is 18.3 Å². The molecule has 0 saturated heterocycles. The highest BCUT2D eigenvalue weighted by atomic mass is 32.2. The van der Waals surface area contributed by atoms with E-state index in [1.165, 1.54) is 12.0 Å². The Kier molecular flexibility index (Phi) is 7.69. The highest BCUT2D eigenvalue weighted by molar-refractivity contribution is 7.92. The topological polar surface area (TPSA) is 81.1 Å². The van der Waals surface area contributed by atoms with Crippen molar-refractivity contribution in [2.75, 3.05) is 12.3 Å². The van der Waals surface area contributed by atoms with Crippen LogP contribution in [0.2, 0.25) is 0 Å². The van der Waals surface area contributed by atoms with Crippen molar-refractivity contribution in [3.05, 3.63) is 47.3 Å². The van der Waals surface area contributed by atoms with Crippen LogP contribution in [0, 0.1) is 13.8 Å². The fourth-order valence-corrected chi connectivity index (χ4v) is 5.64. The van der Waals surface area contributed by atoms with Gasteiger partial charge in [-0.15, -0.1) is 0 Å². The standard InChI is InChI=1S/C23H33N3O3S/c1-18-19(2)26(21-14-7-4-8-15-21)23(25-18)30(28,29)17-22(27)24-16-10-9-13-20-11-5-3-6-12-20/h3,5-6,11-12,21H,4,7-10,13-17H2,1-2H3,(H,24,27). The Balaban J connectivity index is 1.55. The highest BCUT2D eigenvalue weighted by Crippen LogP contribution is 2.32. The van der Waals surface area contributed by atoms with Crippen LogP contribution in [0.25, 0.3) is 0 Å². The molecule has 3 rings (SSSR count). The average molecular weight is 432 g/mol. The second-order valence-corrected chi connectivity index (χ2v) is 10.2. The normalized spacial score (nSPS) is 15.3. The number of carbonyl (C=O) groups excluding carboxylic acids is 1. The smallest absolute Gasteiger partial charge is 0.235 e. The molecule has 1 N–H and O–H groups in total. The third kappa shape index (κ3) is 5.72. The Hall–Kier alpha value is -2.15. The van der Waals surface area contributed by atoms with Crippen LogP contribution in [0.15, 0.2) is 35.5 Å². The molecule has 0 atom stereocenters. The number of nitrogens with one attached hydrogen (secondary N) is 1. The van der Waals surface area contributed by atoms with Crippen LogP contribution in [-0.4, -0.2) is 36.2 Å². The van der Waals surface area contributed by atoms with E-state index in [1.807, 2.05) is 36.6 Å². The molecule has 0 bridgehead atoms. The van der Waals surface area contributed by atoms with Gasteiger partial charge in [0.1, 0.15) is 5.75 Å². The zero-order valence-electron chi connectivity index (χ0n) is 18.1. The van der Waals surface area contributed by atoms with E-state index in [9.17, 15) is 13.2 Å². The van der Waals surface area contributed by atoms with Gasteiger partial charge in [-0.2, -0.15) is 0 Å². The molecule has 7 heteroatoms. The van der Waals surface area contributed by atoms with Crippen LogP contribution in [0.3, 0.4) is 0 Å². The predicted octanol–water partition coefficient (Wildman–Crippen LogP) is 3.92. The van der Waals surface area contributed by atoms with Gasteiger partial charge in [0.2, 0.25) is 20.9 Å². The number of aryl methyl sites for hydroxylation is 2. The number of aromatic nitrogens is 2. The molecule has 0 aliphatic heterocycles. The van der Waals surface area contributed by atoms with Crippen LogP contribution in [0.5, 0.6) is 0 Å². The van der Waals surface area contributed by atoms with E-state index in [0.29, 0.717) is 6.54 Å². The number of amides is 1. The van der Waals surface area contributed by atoms with Crippen molar-refractivity contribution in [1.29, 1.82) is 0 Å². The number of carbonyl (C=O) groups is 1. The van der Waals surface area contributed by atoms with Crippen molar-refractivity contribution >= 4 is 15.7 Å². The minimum Gasteiger partial charge on any atom is -0.355 e. The number of hydrogen-bond donors (Lipinski definition) is 1. The van der Waals surface area contributed by atoms with Crippen LogP contribution in [-0.2, 0) is 21.1 Å². The van der Waals surface area contributed by atoms with Gasteiger partial charge in [-0.1, -0.05) is 49.6 Å². The minimum absolute atomic E-state index is 0.0589. The van der Waals surface area contributed by atoms with Crippen LogP contribution >= 0.6 is 0 Å². The van der Waals surface area contributed by atoms with Crippen molar-refractivity contribution in [3.63, 3.8) is 0 Å². The molecule has 1 heterocycles. The molecular weight excluding hydrogens is 398 g/mol. The number of imidazole rings is 1. The maximum atomic E-state index is 13.0. The van der Waals surface area contributed by atoms with E-state index in [1.54, 1.807) is 0 Å². The van der Waals surface area contributed by atoms with Gasteiger partial charge < -0.3 is 9.88 Å². The van der Waals surface area contributed by atoms with Crippen LogP contribution in [0.1, 0.15) is 67.9 Å². The quantitative estimate of drug-likeness (QED) is 0.610. The lowest BCUT2D eigenvalue weighted by molar-refractivity contribution is -0.118. The number of nitrogens with zero attached hydrogens (tertiary/aromatic N) is 2. The van der Waals surface area contributed by atoms with E-state index >= 15 is 0 Å². The fraction of sp³-hybridized carbons (Fsp3) is 0.565. The third-order valence-electron chi connectivity index (χ3n) is 5.95. The highest BCUT2D eigenvalue weighted by Gasteiger charge is 2.30. The summed E-state index contributed by atoms with van der Waals surface area (Å²) in [6.07, 6.45) is 8.04. The Bertz CT molecular complexity index is 946. The monoisotopic (exact) mass is 431 g/mol. The molecule has 1 amide bonds. The number of unbranched alkanes of at least 4 members (excludes halogenated alkanes) is 1. The Morgan fingerprint density at radius 1 is 1.10 bits per heavy atom. The van der Waals surface area contributed by atoms with E-state index in [4.69, 9.17) is 0 Å². The van der Waals surface area contributed by atoms with Crippen LogP contribution < -0.4 is 5.32 Å². The summed E-state index contributed by atoms with van der Waals surface area (Å²) in [6, 6.07) is 10.4. The van der Waals surface area contributed by atoms with Crippen molar-refractivity contribution in [3.8, 4) is 0 Å². The van der Waals surface area contributed by atoms with E-state index in [-0.39, 0.29) is 11.2 Å². The molecule has 0 radical (unpaired) electrons. The lowest BCUT2D eigenvalue weighted by Gasteiger charge is -2.26. The van der Waals surface area contributed by atoms with E-state index in [0.717, 1.165) is 56.3 Å². The maximum absolute atomic E-state index is 13.0. The Morgan fingerprint density at radius 3 is 2.50 bits per heavy atom. The Labute approximate surface area is 180 Å². The maximum Gasteiger partial charge on any atom is 0.235 e. The number of benzene rings is 1. The first-order valence-corrected chi connectivity index (χ1v) is 12.6. The zero-order chi connectivity index (χ0) is 21.6. The molecule has 1 aromatic heterocycles. The van der Waals surface area contributed by atoms with Crippen molar-refractivity contribution < 1.29 is 13.2 Å². The third-order valence-corrected chi connectivity index (χ3v) is 7.44. The molecular formula is C23H33N3O3S. The largest absolute Gasteiger partial charge is 0.355 e.